The highest BCUT2D eigenvalue weighted by Crippen LogP contribution is 2.26. The molecule has 1 unspecified atom stereocenters. The number of benzene rings is 1. The molecule has 13 heteroatoms. The quantitative estimate of drug-likeness (QED) is 0.0961. The molecular formula is C18H27N5O8. The van der Waals surface area contributed by atoms with Crippen molar-refractivity contribution in [2.45, 2.75) is 12.8 Å². The summed E-state index contributed by atoms with van der Waals surface area (Å²) >= 11 is 0. The first-order valence-corrected chi connectivity index (χ1v) is 9.58. The summed E-state index contributed by atoms with van der Waals surface area (Å²) in [5, 5.41) is 14.4. The highest BCUT2D eigenvalue weighted by atomic mass is 16.7. The van der Waals surface area contributed by atoms with Crippen molar-refractivity contribution in [3.63, 3.8) is 0 Å². The van der Waals surface area contributed by atoms with Crippen LogP contribution in [0, 0.1) is 10.1 Å². The number of nitrogens with zero attached hydrogens (tertiary/aromatic N) is 4. The minimum Gasteiger partial charge on any atom is -0.447 e. The number of ether oxygens (including phenoxy) is 4. The largest absolute Gasteiger partial charge is 0.447 e. The summed E-state index contributed by atoms with van der Waals surface area (Å²) in [5.41, 5.74) is 10.7. The number of hydroxylamine groups is 1. The van der Waals surface area contributed by atoms with Crippen LogP contribution in [0.25, 0.3) is 10.4 Å². The van der Waals surface area contributed by atoms with Gasteiger partial charge in [-0.2, -0.15) is 5.48 Å². The lowest BCUT2D eigenvalue weighted by molar-refractivity contribution is -0.385. The van der Waals surface area contributed by atoms with E-state index in [-0.39, 0.29) is 38.0 Å². The van der Waals surface area contributed by atoms with E-state index in [1.807, 2.05) is 0 Å². The molecule has 1 amide bonds. The van der Waals surface area contributed by atoms with Crippen LogP contribution in [0.15, 0.2) is 29.4 Å². The highest BCUT2D eigenvalue weighted by Gasteiger charge is 2.19. The normalized spacial score (nSPS) is 11.4. The van der Waals surface area contributed by atoms with E-state index >= 15 is 0 Å². The van der Waals surface area contributed by atoms with Gasteiger partial charge in [-0.15, -0.1) is 0 Å². The fourth-order valence-electron chi connectivity index (χ4n) is 2.29. The van der Waals surface area contributed by atoms with E-state index in [4.69, 9.17) is 29.3 Å². The van der Waals surface area contributed by atoms with Crippen LogP contribution in [0.2, 0.25) is 0 Å². The number of nitro groups is 1. The van der Waals surface area contributed by atoms with Crippen molar-refractivity contribution < 1.29 is 33.5 Å². The molecule has 1 aromatic rings. The predicted octanol–water partition coefficient (Wildman–Crippen LogP) is 2.72. The van der Waals surface area contributed by atoms with Crippen LogP contribution < -0.4 is 5.48 Å². The Hall–Kier alpha value is -2.96. The molecule has 1 N–H and O–H groups in total. The van der Waals surface area contributed by atoms with Crippen molar-refractivity contribution in [1.29, 1.82) is 0 Å². The van der Waals surface area contributed by atoms with Crippen molar-refractivity contribution in [3.8, 4) is 0 Å². The number of hydrogen-bond donors (Lipinski definition) is 1. The van der Waals surface area contributed by atoms with E-state index in [1.165, 1.54) is 6.07 Å². The third kappa shape index (κ3) is 12.4. The fourth-order valence-corrected chi connectivity index (χ4v) is 2.29. The Kier molecular flexibility index (Phi) is 14.1. The summed E-state index contributed by atoms with van der Waals surface area (Å²) in [7, 11) is 0. The zero-order valence-electron chi connectivity index (χ0n) is 17.3. The van der Waals surface area contributed by atoms with E-state index < -0.39 is 11.0 Å². The number of amides is 1. The minimum atomic E-state index is -0.797. The van der Waals surface area contributed by atoms with Crippen LogP contribution >= 0.6 is 0 Å². The first-order chi connectivity index (χ1) is 15.1. The van der Waals surface area contributed by atoms with Gasteiger partial charge in [-0.3, -0.25) is 15.0 Å². The molecule has 0 heterocycles. The number of nitrogens with one attached hydrogen (secondary N) is 1. The van der Waals surface area contributed by atoms with E-state index in [0.717, 1.165) is 0 Å². The van der Waals surface area contributed by atoms with Gasteiger partial charge in [-0.1, -0.05) is 30.2 Å². The molecule has 0 aliphatic carbocycles. The molecule has 0 aliphatic heterocycles. The van der Waals surface area contributed by atoms with Crippen molar-refractivity contribution >= 4 is 11.8 Å². The maximum absolute atomic E-state index is 11.6. The Morgan fingerprint density at radius 1 is 1.13 bits per heavy atom. The summed E-state index contributed by atoms with van der Waals surface area (Å²) in [6, 6.07) is 6.30. The van der Waals surface area contributed by atoms with Crippen molar-refractivity contribution in [2.75, 3.05) is 59.4 Å². The van der Waals surface area contributed by atoms with Gasteiger partial charge < -0.3 is 18.9 Å². The molecule has 172 valence electrons. The monoisotopic (exact) mass is 441 g/mol. The van der Waals surface area contributed by atoms with Crippen LogP contribution in [0.5, 0.6) is 0 Å². The lowest BCUT2D eigenvalue weighted by atomic mass is 10.0. The highest BCUT2D eigenvalue weighted by molar-refractivity contribution is 5.65. The Bertz CT molecular complexity index is 714. The van der Waals surface area contributed by atoms with Gasteiger partial charge in [0.1, 0.15) is 6.61 Å². The van der Waals surface area contributed by atoms with Crippen LogP contribution in [-0.4, -0.2) is 70.4 Å². The van der Waals surface area contributed by atoms with Crippen molar-refractivity contribution in [1.82, 2.24) is 5.48 Å². The van der Waals surface area contributed by atoms with Crippen LogP contribution in [0.1, 0.15) is 18.4 Å². The summed E-state index contributed by atoms with van der Waals surface area (Å²) in [6.07, 6.45) is -0.797. The molecular weight excluding hydrogens is 414 g/mol. The maximum atomic E-state index is 11.6. The van der Waals surface area contributed by atoms with E-state index in [9.17, 15) is 14.9 Å². The molecule has 13 nitrogen and oxygen atoms in total. The number of azide groups is 1. The number of carbonyl (C=O) groups excluding carboxylic acids is 1. The predicted molar refractivity (Wildman–Crippen MR) is 108 cm³/mol. The van der Waals surface area contributed by atoms with Crippen LogP contribution in [0.3, 0.4) is 0 Å². The first kappa shape index (κ1) is 26.1. The smallest absolute Gasteiger partial charge is 0.431 e. The molecule has 31 heavy (non-hydrogen) atoms. The number of hydrogen-bond acceptors (Lipinski definition) is 9. The molecule has 0 saturated carbocycles. The van der Waals surface area contributed by atoms with Gasteiger partial charge in [0.25, 0.3) is 5.69 Å². The van der Waals surface area contributed by atoms with Crippen LogP contribution in [0.4, 0.5) is 10.5 Å². The summed E-state index contributed by atoms with van der Waals surface area (Å²) in [5.74, 6) is -0.355. The number of carbonyl (C=O) groups is 1. The van der Waals surface area contributed by atoms with Gasteiger partial charge in [0.15, 0.2) is 0 Å². The fraction of sp³-hybridized carbons (Fsp3) is 0.611. The second kappa shape index (κ2) is 16.8. The molecule has 0 aromatic heterocycles. The molecule has 0 bridgehead atoms. The first-order valence-electron chi connectivity index (χ1n) is 9.58. The standard InChI is InChI=1S/C18H27N5O8/c1-15(16-4-2-3-5-17(16)23(25)26)14-30-18(24)21-31-13-12-29-11-10-28-9-8-27-7-6-20-22-19/h2-5,15H,6-14H2,1H3,(H,21,24). The third-order valence-corrected chi connectivity index (χ3v) is 3.76. The van der Waals surface area contributed by atoms with Gasteiger partial charge in [0, 0.05) is 29.0 Å². The molecule has 0 radical (unpaired) electrons. The lowest BCUT2D eigenvalue weighted by Gasteiger charge is -2.13. The average molecular weight is 441 g/mol. The molecule has 1 rings (SSSR count). The van der Waals surface area contributed by atoms with Crippen molar-refractivity contribution in [3.05, 3.63) is 50.4 Å². The molecule has 0 spiro atoms. The molecule has 1 atom stereocenters. The number of nitro benzene ring substituents is 1. The zero-order chi connectivity index (χ0) is 22.7. The number of rotatable bonds is 17. The summed E-state index contributed by atoms with van der Waals surface area (Å²) in [6.45, 7) is 4.18. The Morgan fingerprint density at radius 2 is 1.74 bits per heavy atom. The second-order valence-electron chi connectivity index (χ2n) is 6.06. The van der Waals surface area contributed by atoms with Gasteiger partial charge >= 0.3 is 6.09 Å². The van der Waals surface area contributed by atoms with Crippen molar-refractivity contribution in [2.24, 2.45) is 5.11 Å². The summed E-state index contributed by atoms with van der Waals surface area (Å²) in [4.78, 5) is 29.7. The number of para-hydroxylation sites is 1. The lowest BCUT2D eigenvalue weighted by Crippen LogP contribution is -2.27. The Balaban J connectivity index is 1.99. The van der Waals surface area contributed by atoms with E-state index in [1.54, 1.807) is 25.1 Å². The molecule has 1 aromatic carbocycles. The van der Waals surface area contributed by atoms with Crippen LogP contribution in [-0.2, 0) is 23.8 Å². The Labute approximate surface area is 179 Å². The topological polar surface area (TPSA) is 167 Å². The minimum absolute atomic E-state index is 0.0192. The molecule has 0 saturated heterocycles. The zero-order valence-corrected chi connectivity index (χ0v) is 17.3. The third-order valence-electron chi connectivity index (χ3n) is 3.76. The Morgan fingerprint density at radius 3 is 2.39 bits per heavy atom. The van der Waals surface area contributed by atoms with Gasteiger partial charge in [-0.25, -0.2) is 4.79 Å². The average Bonchev–Trinajstić information content (AvgIpc) is 2.77. The maximum Gasteiger partial charge on any atom is 0.431 e. The van der Waals surface area contributed by atoms with Gasteiger partial charge in [0.2, 0.25) is 0 Å². The van der Waals surface area contributed by atoms with E-state index in [0.29, 0.717) is 38.6 Å². The van der Waals surface area contributed by atoms with Gasteiger partial charge in [-0.05, 0) is 5.53 Å². The molecule has 0 aliphatic rings. The van der Waals surface area contributed by atoms with E-state index in [2.05, 4.69) is 15.5 Å². The summed E-state index contributed by atoms with van der Waals surface area (Å²) < 4.78 is 20.7. The second-order valence-corrected chi connectivity index (χ2v) is 6.06. The van der Waals surface area contributed by atoms with Gasteiger partial charge in [0.05, 0.1) is 51.2 Å². The molecule has 0 fully saturated rings. The SMILES string of the molecule is CC(COC(=O)NOCCOCCOCCOCCN=[N+]=[N-])c1ccccc1[N+](=O)[O-].